The van der Waals surface area contributed by atoms with Crippen LogP contribution in [0.5, 0.6) is 0 Å². The fourth-order valence-corrected chi connectivity index (χ4v) is 2.35. The van der Waals surface area contributed by atoms with E-state index in [9.17, 15) is 4.39 Å². The van der Waals surface area contributed by atoms with E-state index >= 15 is 0 Å². The summed E-state index contributed by atoms with van der Waals surface area (Å²) >= 11 is 5.81. The van der Waals surface area contributed by atoms with Gasteiger partial charge in [-0.2, -0.15) is 0 Å². The second-order valence-corrected chi connectivity index (χ2v) is 5.40. The van der Waals surface area contributed by atoms with Gasteiger partial charge in [0.2, 0.25) is 0 Å². The van der Waals surface area contributed by atoms with Gasteiger partial charge in [-0.05, 0) is 31.0 Å². The monoisotopic (exact) mass is 278 g/mol. The van der Waals surface area contributed by atoms with Gasteiger partial charge in [0.1, 0.15) is 5.82 Å². The van der Waals surface area contributed by atoms with Crippen molar-refractivity contribution in [3.8, 4) is 0 Å². The van der Waals surface area contributed by atoms with Crippen LogP contribution in [0.4, 0.5) is 4.39 Å². The zero-order valence-corrected chi connectivity index (χ0v) is 11.3. The number of benzene rings is 1. The van der Waals surface area contributed by atoms with E-state index in [0.717, 1.165) is 6.54 Å². The molecule has 0 bridgehead atoms. The zero-order valence-electron chi connectivity index (χ0n) is 10.6. The summed E-state index contributed by atoms with van der Waals surface area (Å²) in [6, 6.07) is 9.87. The lowest BCUT2D eigenvalue weighted by molar-refractivity contribution is 0.587. The average molecular weight is 279 g/mol. The molecule has 0 spiro atoms. The second kappa shape index (κ2) is 5.35. The van der Waals surface area contributed by atoms with Crippen molar-refractivity contribution in [3.63, 3.8) is 0 Å². The van der Waals surface area contributed by atoms with E-state index in [-0.39, 0.29) is 10.8 Å². The Morgan fingerprint density at radius 2 is 2.11 bits per heavy atom. The molecule has 100 valence electrons. The third-order valence-corrected chi connectivity index (χ3v) is 3.74. The molecule has 1 fully saturated rings. The molecule has 1 heterocycles. The molecule has 0 unspecified atom stereocenters. The molecule has 0 atom stereocenters. The second-order valence-electron chi connectivity index (χ2n) is 5.00. The highest BCUT2D eigenvalue weighted by molar-refractivity contribution is 6.30. The van der Waals surface area contributed by atoms with Crippen molar-refractivity contribution in [2.24, 2.45) is 0 Å². The summed E-state index contributed by atoms with van der Waals surface area (Å²) in [7, 11) is 0. The smallest absolute Gasteiger partial charge is 0.146 e. The summed E-state index contributed by atoms with van der Waals surface area (Å²) in [6.07, 6.45) is 4.51. The normalized spacial score (nSPS) is 14.8. The Morgan fingerprint density at radius 3 is 2.89 bits per heavy atom. The number of nitrogens with one attached hydrogen (secondary N) is 1. The highest BCUT2D eigenvalue weighted by Crippen LogP contribution is 2.21. The maximum atomic E-state index is 13.9. The molecule has 1 N–H and O–H groups in total. The Labute approximate surface area is 117 Å². The molecule has 4 heteroatoms. The maximum absolute atomic E-state index is 13.9. The molecule has 1 aliphatic carbocycles. The molecular formula is C15H16ClFN2. The lowest BCUT2D eigenvalue weighted by atomic mass is 10.2. The number of aromatic nitrogens is 1. The van der Waals surface area contributed by atoms with Crippen LogP contribution >= 0.6 is 11.6 Å². The minimum atomic E-state index is -0.320. The third-order valence-electron chi connectivity index (χ3n) is 3.45. The van der Waals surface area contributed by atoms with Crippen LogP contribution in [0, 0.1) is 5.82 Å². The van der Waals surface area contributed by atoms with Gasteiger partial charge in [-0.1, -0.05) is 23.7 Å². The topological polar surface area (TPSA) is 17.0 Å². The molecule has 0 saturated heterocycles. The molecule has 3 rings (SSSR count). The molecule has 0 aliphatic heterocycles. The molecular weight excluding hydrogens is 263 g/mol. The zero-order chi connectivity index (χ0) is 13.2. The van der Waals surface area contributed by atoms with Crippen LogP contribution in [0.2, 0.25) is 5.02 Å². The molecule has 2 nitrogen and oxygen atoms in total. The van der Waals surface area contributed by atoms with Crippen LogP contribution in [0.3, 0.4) is 0 Å². The van der Waals surface area contributed by atoms with Gasteiger partial charge in [-0.25, -0.2) is 4.39 Å². The lowest BCUT2D eigenvalue weighted by Gasteiger charge is -2.11. The van der Waals surface area contributed by atoms with Gasteiger partial charge in [0.05, 0.1) is 11.6 Å². The molecule has 1 aromatic heterocycles. The van der Waals surface area contributed by atoms with Crippen LogP contribution in [0.15, 0.2) is 36.5 Å². The molecule has 1 saturated carbocycles. The largest absolute Gasteiger partial charge is 0.346 e. The van der Waals surface area contributed by atoms with E-state index in [4.69, 9.17) is 11.6 Å². The van der Waals surface area contributed by atoms with E-state index in [0.29, 0.717) is 18.2 Å². The van der Waals surface area contributed by atoms with E-state index in [1.165, 1.54) is 18.5 Å². The third kappa shape index (κ3) is 2.99. The lowest BCUT2D eigenvalue weighted by Crippen LogP contribution is -2.18. The fraction of sp³-hybridized carbons (Fsp3) is 0.333. The first-order valence-electron chi connectivity index (χ1n) is 6.54. The Bertz CT molecular complexity index is 575. The van der Waals surface area contributed by atoms with Gasteiger partial charge in [-0.3, -0.25) is 0 Å². The number of rotatable bonds is 5. The maximum Gasteiger partial charge on any atom is 0.146 e. The van der Waals surface area contributed by atoms with Crippen molar-refractivity contribution in [3.05, 3.63) is 58.6 Å². The minimum absolute atomic E-state index is 0.183. The number of halogens is 2. The van der Waals surface area contributed by atoms with Gasteiger partial charge in [0.15, 0.2) is 0 Å². The Kier molecular flexibility index (Phi) is 3.58. The first-order chi connectivity index (χ1) is 9.24. The summed E-state index contributed by atoms with van der Waals surface area (Å²) in [5.74, 6) is -0.320. The summed E-state index contributed by atoms with van der Waals surface area (Å²) in [5, 5.41) is 3.65. The summed E-state index contributed by atoms with van der Waals surface area (Å²) in [6.45, 7) is 1.35. The summed E-state index contributed by atoms with van der Waals surface area (Å²) in [5.41, 5.74) is 1.79. The molecule has 1 aliphatic rings. The summed E-state index contributed by atoms with van der Waals surface area (Å²) in [4.78, 5) is 0. The van der Waals surface area contributed by atoms with Crippen LogP contribution in [-0.2, 0) is 13.1 Å². The number of hydrogen-bond acceptors (Lipinski definition) is 1. The molecule has 19 heavy (non-hydrogen) atoms. The van der Waals surface area contributed by atoms with Crippen LogP contribution < -0.4 is 5.32 Å². The molecule has 0 amide bonds. The van der Waals surface area contributed by atoms with Gasteiger partial charge >= 0.3 is 0 Å². The van der Waals surface area contributed by atoms with Crippen molar-refractivity contribution in [2.45, 2.75) is 32.0 Å². The van der Waals surface area contributed by atoms with Crippen LogP contribution in [-0.4, -0.2) is 10.6 Å². The number of nitrogens with zero attached hydrogens (tertiary/aromatic N) is 1. The van der Waals surface area contributed by atoms with E-state index in [2.05, 4.69) is 16.0 Å². The fourth-order valence-electron chi connectivity index (χ4n) is 2.15. The number of hydrogen-bond donors (Lipinski definition) is 1. The Morgan fingerprint density at radius 1 is 1.26 bits per heavy atom. The highest BCUT2D eigenvalue weighted by Gasteiger charge is 2.20. The van der Waals surface area contributed by atoms with Gasteiger partial charge < -0.3 is 9.88 Å². The van der Waals surface area contributed by atoms with Gasteiger partial charge in [0.25, 0.3) is 0 Å². The van der Waals surface area contributed by atoms with E-state index < -0.39 is 0 Å². The molecule has 2 aromatic rings. The SMILES string of the molecule is Fc1c(Cl)cccc1Cn1cccc1CNC1CC1. The quantitative estimate of drug-likeness (QED) is 0.885. The Balaban J connectivity index is 1.75. The Hall–Kier alpha value is -1.32. The summed E-state index contributed by atoms with van der Waals surface area (Å²) < 4.78 is 15.9. The first-order valence-corrected chi connectivity index (χ1v) is 6.92. The first kappa shape index (κ1) is 12.7. The average Bonchev–Trinajstić information content (AvgIpc) is 3.13. The van der Waals surface area contributed by atoms with Crippen molar-refractivity contribution < 1.29 is 4.39 Å². The van der Waals surface area contributed by atoms with Crippen molar-refractivity contribution in [2.75, 3.05) is 0 Å². The van der Waals surface area contributed by atoms with Crippen molar-refractivity contribution in [1.82, 2.24) is 9.88 Å². The van der Waals surface area contributed by atoms with Gasteiger partial charge in [0, 0.05) is 30.0 Å². The standard InChI is InChI=1S/C15H16ClFN2/c16-14-5-1-3-11(15(14)17)10-19-8-2-4-13(19)9-18-12-6-7-12/h1-5,8,12,18H,6-7,9-10H2. The van der Waals surface area contributed by atoms with E-state index in [1.807, 2.05) is 12.3 Å². The minimum Gasteiger partial charge on any atom is -0.346 e. The van der Waals surface area contributed by atoms with Crippen LogP contribution in [0.25, 0.3) is 0 Å². The molecule has 1 aromatic carbocycles. The van der Waals surface area contributed by atoms with E-state index in [1.54, 1.807) is 18.2 Å². The predicted molar refractivity (Wildman–Crippen MR) is 74.8 cm³/mol. The van der Waals surface area contributed by atoms with Crippen molar-refractivity contribution in [1.29, 1.82) is 0 Å². The van der Waals surface area contributed by atoms with Gasteiger partial charge in [-0.15, -0.1) is 0 Å². The highest BCUT2D eigenvalue weighted by atomic mass is 35.5. The van der Waals surface area contributed by atoms with Crippen molar-refractivity contribution >= 4 is 11.6 Å². The van der Waals surface area contributed by atoms with Crippen LogP contribution in [0.1, 0.15) is 24.1 Å². The molecule has 0 radical (unpaired) electrons. The predicted octanol–water partition coefficient (Wildman–Crippen LogP) is 3.58.